The fourth-order valence-corrected chi connectivity index (χ4v) is 1.41. The molecule has 1 rings (SSSR count). The molecule has 1 aromatic carbocycles. The highest BCUT2D eigenvalue weighted by molar-refractivity contribution is 5.99. The van der Waals surface area contributed by atoms with Crippen LogP contribution in [0, 0.1) is 0 Å². The molecule has 0 spiro atoms. The van der Waals surface area contributed by atoms with Gasteiger partial charge in [-0.25, -0.2) is 8.78 Å². The molecule has 0 aromatic heterocycles. The Hall–Kier alpha value is -1.29. The predicted molar refractivity (Wildman–Crippen MR) is 58.7 cm³/mol. The number of nitrogens with two attached hydrogens (primary N) is 1. The van der Waals surface area contributed by atoms with Gasteiger partial charge < -0.3 is 5.73 Å². The van der Waals surface area contributed by atoms with Gasteiger partial charge in [0, 0.05) is 12.0 Å². The van der Waals surface area contributed by atoms with E-state index in [1.807, 2.05) is 0 Å². The van der Waals surface area contributed by atoms with Crippen molar-refractivity contribution in [3.05, 3.63) is 35.4 Å². The van der Waals surface area contributed by atoms with Gasteiger partial charge in [-0.2, -0.15) is 0 Å². The smallest absolute Gasteiger partial charge is 0.249 e. The molecule has 0 saturated carbocycles. The number of ketones is 1. The van der Waals surface area contributed by atoms with Crippen LogP contribution >= 0.6 is 0 Å². The minimum atomic E-state index is -2.73. The predicted octanol–water partition coefficient (Wildman–Crippen LogP) is 2.41. The second-order valence-corrected chi connectivity index (χ2v) is 4.10. The molecule has 0 heterocycles. The van der Waals surface area contributed by atoms with E-state index in [0.29, 0.717) is 11.1 Å². The first-order valence-corrected chi connectivity index (χ1v) is 5.06. The average Bonchev–Trinajstić information content (AvgIpc) is 2.15. The largest absolute Gasteiger partial charge is 0.321 e. The van der Waals surface area contributed by atoms with Crippen molar-refractivity contribution in [3.63, 3.8) is 0 Å². The monoisotopic (exact) mass is 227 g/mol. The average molecular weight is 227 g/mol. The molecule has 2 nitrogen and oxygen atoms in total. The summed E-state index contributed by atoms with van der Waals surface area (Å²) in [5, 5.41) is 0. The van der Waals surface area contributed by atoms with Crippen molar-refractivity contribution >= 4 is 5.78 Å². The summed E-state index contributed by atoms with van der Waals surface area (Å²) in [6.45, 7) is 2.46. The zero-order valence-corrected chi connectivity index (χ0v) is 9.34. The minimum absolute atomic E-state index is 0.185. The third kappa shape index (κ3) is 3.70. The van der Waals surface area contributed by atoms with Crippen LogP contribution in [-0.4, -0.2) is 17.7 Å². The van der Waals surface area contributed by atoms with Gasteiger partial charge in [-0.1, -0.05) is 24.3 Å². The van der Waals surface area contributed by atoms with Gasteiger partial charge in [0.25, 0.3) is 0 Å². The van der Waals surface area contributed by atoms with Gasteiger partial charge in [0.1, 0.15) is 0 Å². The summed E-state index contributed by atoms with van der Waals surface area (Å²) in [5.74, 6) is -2.91. The Bertz CT molecular complexity index is 366. The number of Topliss-reactive ketones (excluding diaryl/α,β-unsaturated/α-hetero) is 1. The zero-order valence-electron chi connectivity index (χ0n) is 9.34. The first-order valence-electron chi connectivity index (χ1n) is 5.06. The normalized spacial score (nSPS) is 13.6. The highest BCUT2D eigenvalue weighted by Crippen LogP contribution is 2.19. The van der Waals surface area contributed by atoms with Crippen molar-refractivity contribution in [1.29, 1.82) is 0 Å². The number of benzene rings is 1. The lowest BCUT2D eigenvalue weighted by molar-refractivity contribution is 0.0226. The number of halogens is 2. The van der Waals surface area contributed by atoms with E-state index in [0.717, 1.165) is 6.92 Å². The van der Waals surface area contributed by atoms with Crippen molar-refractivity contribution in [2.75, 3.05) is 0 Å². The quantitative estimate of drug-likeness (QED) is 0.803. The highest BCUT2D eigenvalue weighted by Gasteiger charge is 2.21. The minimum Gasteiger partial charge on any atom is -0.321 e. The van der Waals surface area contributed by atoms with Gasteiger partial charge in [-0.05, 0) is 19.4 Å². The van der Waals surface area contributed by atoms with Crippen LogP contribution in [0.1, 0.15) is 29.8 Å². The molecular formula is C12H15F2NO. The molecule has 1 atom stereocenters. The molecule has 0 amide bonds. The van der Waals surface area contributed by atoms with E-state index < -0.39 is 12.0 Å². The van der Waals surface area contributed by atoms with E-state index >= 15 is 0 Å². The van der Waals surface area contributed by atoms with Crippen molar-refractivity contribution in [2.45, 2.75) is 32.2 Å². The van der Waals surface area contributed by atoms with Gasteiger partial charge in [0.2, 0.25) is 5.92 Å². The molecule has 16 heavy (non-hydrogen) atoms. The molecule has 0 radical (unpaired) electrons. The molecule has 0 bridgehead atoms. The van der Waals surface area contributed by atoms with Crippen LogP contribution < -0.4 is 5.73 Å². The zero-order chi connectivity index (χ0) is 12.3. The summed E-state index contributed by atoms with van der Waals surface area (Å²) in [7, 11) is 0. The van der Waals surface area contributed by atoms with Crippen molar-refractivity contribution in [1.82, 2.24) is 0 Å². The number of carbonyl (C=O) groups is 1. The van der Waals surface area contributed by atoms with Gasteiger partial charge in [-0.15, -0.1) is 0 Å². The van der Waals surface area contributed by atoms with E-state index in [9.17, 15) is 13.6 Å². The first kappa shape index (κ1) is 12.8. The summed E-state index contributed by atoms with van der Waals surface area (Å²) in [4.78, 5) is 11.5. The fourth-order valence-electron chi connectivity index (χ4n) is 1.41. The number of rotatable bonds is 4. The third-order valence-electron chi connectivity index (χ3n) is 2.17. The fraction of sp³-hybridized carbons (Fsp3) is 0.417. The van der Waals surface area contributed by atoms with Gasteiger partial charge in [0.05, 0.1) is 6.04 Å². The molecule has 0 aliphatic heterocycles. The SMILES string of the molecule is CC(N)C(=O)c1ccc(CC(C)(F)F)cc1. The number of alkyl halides is 2. The Balaban J connectivity index is 2.80. The molecule has 4 heteroatoms. The van der Waals surface area contributed by atoms with Gasteiger partial charge >= 0.3 is 0 Å². The highest BCUT2D eigenvalue weighted by atomic mass is 19.3. The Kier molecular flexibility index (Phi) is 3.75. The molecule has 0 saturated heterocycles. The number of carbonyl (C=O) groups excluding carboxylic acids is 1. The summed E-state index contributed by atoms with van der Waals surface area (Å²) < 4.78 is 25.4. The Morgan fingerprint density at radius 3 is 2.25 bits per heavy atom. The Morgan fingerprint density at radius 1 is 1.38 bits per heavy atom. The maximum absolute atomic E-state index is 12.7. The number of hydrogen-bond acceptors (Lipinski definition) is 2. The van der Waals surface area contributed by atoms with Gasteiger partial charge in [-0.3, -0.25) is 4.79 Å². The second-order valence-electron chi connectivity index (χ2n) is 4.10. The van der Waals surface area contributed by atoms with E-state index in [1.165, 1.54) is 24.3 Å². The van der Waals surface area contributed by atoms with E-state index in [2.05, 4.69) is 0 Å². The molecule has 1 unspecified atom stereocenters. The van der Waals surface area contributed by atoms with Crippen LogP contribution in [0.15, 0.2) is 24.3 Å². The maximum Gasteiger partial charge on any atom is 0.249 e. The van der Waals surface area contributed by atoms with Gasteiger partial charge in [0.15, 0.2) is 5.78 Å². The lowest BCUT2D eigenvalue weighted by atomic mass is 10.0. The molecule has 0 aliphatic carbocycles. The standard InChI is InChI=1S/C12H15F2NO/c1-8(15)11(16)10-5-3-9(4-6-10)7-12(2,13)14/h3-6,8H,7,15H2,1-2H3. The van der Waals surface area contributed by atoms with Crippen molar-refractivity contribution in [3.8, 4) is 0 Å². The number of hydrogen-bond donors (Lipinski definition) is 1. The topological polar surface area (TPSA) is 43.1 Å². The van der Waals surface area contributed by atoms with Crippen LogP contribution in [0.5, 0.6) is 0 Å². The Morgan fingerprint density at radius 2 is 1.88 bits per heavy atom. The summed E-state index contributed by atoms with van der Waals surface area (Å²) in [6.07, 6.45) is -0.320. The molecule has 2 N–H and O–H groups in total. The maximum atomic E-state index is 12.7. The van der Waals surface area contributed by atoms with Crippen LogP contribution in [-0.2, 0) is 6.42 Å². The van der Waals surface area contributed by atoms with Crippen LogP contribution in [0.25, 0.3) is 0 Å². The van der Waals surface area contributed by atoms with E-state index in [4.69, 9.17) is 5.73 Å². The lowest BCUT2D eigenvalue weighted by Crippen LogP contribution is -2.26. The van der Waals surface area contributed by atoms with Crippen LogP contribution in [0.2, 0.25) is 0 Å². The molecule has 0 fully saturated rings. The summed E-state index contributed by atoms with van der Waals surface area (Å²) in [6, 6.07) is 5.57. The van der Waals surface area contributed by atoms with Crippen LogP contribution in [0.3, 0.4) is 0 Å². The third-order valence-corrected chi connectivity index (χ3v) is 2.17. The Labute approximate surface area is 93.5 Å². The van der Waals surface area contributed by atoms with E-state index in [1.54, 1.807) is 6.92 Å². The lowest BCUT2D eigenvalue weighted by Gasteiger charge is -2.10. The molecule has 0 aliphatic rings. The summed E-state index contributed by atoms with van der Waals surface area (Å²) >= 11 is 0. The van der Waals surface area contributed by atoms with Crippen molar-refractivity contribution in [2.24, 2.45) is 5.73 Å². The van der Waals surface area contributed by atoms with E-state index in [-0.39, 0.29) is 12.2 Å². The molecule has 1 aromatic rings. The second kappa shape index (κ2) is 4.70. The van der Waals surface area contributed by atoms with Crippen molar-refractivity contribution < 1.29 is 13.6 Å². The van der Waals surface area contributed by atoms with Crippen LogP contribution in [0.4, 0.5) is 8.78 Å². The summed E-state index contributed by atoms with van der Waals surface area (Å²) in [5.41, 5.74) is 6.40. The first-order chi connectivity index (χ1) is 7.29. The molecule has 88 valence electrons. The molecular weight excluding hydrogens is 212 g/mol.